The van der Waals surface area contributed by atoms with Crippen molar-refractivity contribution >= 4 is 0 Å². The van der Waals surface area contributed by atoms with Gasteiger partial charge in [0.15, 0.2) is 0 Å². The Morgan fingerprint density at radius 1 is 0.842 bits per heavy atom. The fourth-order valence-electron chi connectivity index (χ4n) is 2.70. The standard InChI is InChI=1S/C18H21N/c1-14(15-8-4-2-5-9-15)19-18(17-12-13-17)16-10-6-3-7-11-16/h2-11,14,17-19H,12-13H2,1H3/t14-,18?/m0/s1. The van der Waals surface area contributed by atoms with E-state index in [1.54, 1.807) is 0 Å². The van der Waals surface area contributed by atoms with Crippen LogP contribution in [0.1, 0.15) is 43.0 Å². The van der Waals surface area contributed by atoms with Gasteiger partial charge >= 0.3 is 0 Å². The van der Waals surface area contributed by atoms with Crippen LogP contribution in [0.3, 0.4) is 0 Å². The molecule has 3 rings (SSSR count). The summed E-state index contributed by atoms with van der Waals surface area (Å²) in [5.41, 5.74) is 2.79. The summed E-state index contributed by atoms with van der Waals surface area (Å²) in [6.07, 6.45) is 2.71. The Kier molecular flexibility index (Phi) is 3.65. The lowest BCUT2D eigenvalue weighted by atomic mass is 9.99. The van der Waals surface area contributed by atoms with Crippen molar-refractivity contribution in [3.63, 3.8) is 0 Å². The Balaban J connectivity index is 1.76. The first-order valence-electron chi connectivity index (χ1n) is 7.20. The number of rotatable bonds is 5. The van der Waals surface area contributed by atoms with Gasteiger partial charge in [-0.3, -0.25) is 0 Å². The summed E-state index contributed by atoms with van der Waals surface area (Å²) in [7, 11) is 0. The van der Waals surface area contributed by atoms with Crippen LogP contribution in [0.5, 0.6) is 0 Å². The highest BCUT2D eigenvalue weighted by molar-refractivity contribution is 5.23. The van der Waals surface area contributed by atoms with E-state index in [2.05, 4.69) is 72.9 Å². The maximum atomic E-state index is 3.81. The smallest absolute Gasteiger partial charge is 0.0353 e. The monoisotopic (exact) mass is 251 g/mol. The van der Waals surface area contributed by atoms with Gasteiger partial charge in [0.05, 0.1) is 0 Å². The fourth-order valence-corrected chi connectivity index (χ4v) is 2.70. The molecule has 0 amide bonds. The first-order valence-corrected chi connectivity index (χ1v) is 7.20. The summed E-state index contributed by atoms with van der Waals surface area (Å²) >= 11 is 0. The van der Waals surface area contributed by atoms with Crippen molar-refractivity contribution in [2.24, 2.45) is 5.92 Å². The number of hydrogen-bond donors (Lipinski definition) is 1. The van der Waals surface area contributed by atoms with Gasteiger partial charge in [-0.2, -0.15) is 0 Å². The second-order valence-electron chi connectivity index (χ2n) is 5.52. The molecule has 1 unspecified atom stereocenters. The number of hydrogen-bond acceptors (Lipinski definition) is 1. The van der Waals surface area contributed by atoms with E-state index < -0.39 is 0 Å². The van der Waals surface area contributed by atoms with Crippen LogP contribution in [0, 0.1) is 5.92 Å². The quantitative estimate of drug-likeness (QED) is 0.825. The van der Waals surface area contributed by atoms with E-state index in [1.165, 1.54) is 24.0 Å². The molecule has 1 saturated carbocycles. The molecule has 0 bridgehead atoms. The van der Waals surface area contributed by atoms with Gasteiger partial charge in [0.2, 0.25) is 0 Å². The summed E-state index contributed by atoms with van der Waals surface area (Å²) in [5.74, 6) is 0.813. The summed E-state index contributed by atoms with van der Waals surface area (Å²) in [4.78, 5) is 0. The van der Waals surface area contributed by atoms with Gasteiger partial charge in [-0.1, -0.05) is 60.7 Å². The van der Waals surface area contributed by atoms with Crippen LogP contribution in [0.2, 0.25) is 0 Å². The third-order valence-corrected chi connectivity index (χ3v) is 3.98. The van der Waals surface area contributed by atoms with Crippen molar-refractivity contribution in [1.82, 2.24) is 5.32 Å². The lowest BCUT2D eigenvalue weighted by Gasteiger charge is -2.24. The highest BCUT2D eigenvalue weighted by Crippen LogP contribution is 2.42. The van der Waals surface area contributed by atoms with Crippen molar-refractivity contribution in [2.75, 3.05) is 0 Å². The molecule has 1 aliphatic rings. The third kappa shape index (κ3) is 3.05. The minimum Gasteiger partial charge on any atom is -0.303 e. The zero-order chi connectivity index (χ0) is 13.1. The molecule has 1 aliphatic carbocycles. The molecule has 19 heavy (non-hydrogen) atoms. The molecule has 1 heteroatoms. The van der Waals surface area contributed by atoms with Gasteiger partial charge < -0.3 is 5.32 Å². The molecular weight excluding hydrogens is 230 g/mol. The highest BCUT2D eigenvalue weighted by atomic mass is 15.0. The van der Waals surface area contributed by atoms with Crippen molar-refractivity contribution < 1.29 is 0 Å². The van der Waals surface area contributed by atoms with Gasteiger partial charge in [-0.25, -0.2) is 0 Å². The summed E-state index contributed by atoms with van der Waals surface area (Å²) in [6, 6.07) is 22.5. The summed E-state index contributed by atoms with van der Waals surface area (Å²) in [6.45, 7) is 2.26. The van der Waals surface area contributed by atoms with Gasteiger partial charge in [0.1, 0.15) is 0 Å². The van der Waals surface area contributed by atoms with Gasteiger partial charge in [-0.15, -0.1) is 0 Å². The van der Waals surface area contributed by atoms with Crippen LogP contribution in [-0.4, -0.2) is 0 Å². The van der Waals surface area contributed by atoms with E-state index in [1.807, 2.05) is 0 Å². The lowest BCUT2D eigenvalue weighted by molar-refractivity contribution is 0.427. The second-order valence-corrected chi connectivity index (χ2v) is 5.52. The van der Waals surface area contributed by atoms with Crippen LogP contribution >= 0.6 is 0 Å². The minimum atomic E-state index is 0.395. The van der Waals surface area contributed by atoms with Crippen molar-refractivity contribution in [3.05, 3.63) is 71.8 Å². The topological polar surface area (TPSA) is 12.0 Å². The molecule has 0 heterocycles. The molecule has 2 aromatic rings. The molecule has 2 aromatic carbocycles. The molecular formula is C18H21N. The Morgan fingerprint density at radius 2 is 1.37 bits per heavy atom. The molecule has 1 N–H and O–H groups in total. The maximum absolute atomic E-state index is 3.81. The Hall–Kier alpha value is -1.60. The molecule has 0 radical (unpaired) electrons. The first kappa shape index (κ1) is 12.4. The minimum absolute atomic E-state index is 0.395. The number of nitrogens with one attached hydrogen (secondary N) is 1. The van der Waals surface area contributed by atoms with E-state index in [4.69, 9.17) is 0 Å². The predicted octanol–water partition coefficient (Wildman–Crippen LogP) is 4.49. The van der Waals surface area contributed by atoms with Crippen LogP contribution in [0.25, 0.3) is 0 Å². The highest BCUT2D eigenvalue weighted by Gasteiger charge is 2.32. The maximum Gasteiger partial charge on any atom is 0.0353 e. The normalized spacial score (nSPS) is 17.9. The molecule has 1 nitrogen and oxygen atoms in total. The SMILES string of the molecule is C[C@H](NC(c1ccccc1)C1CC1)c1ccccc1. The van der Waals surface area contributed by atoms with E-state index >= 15 is 0 Å². The molecule has 0 aromatic heterocycles. The van der Waals surface area contributed by atoms with Crippen molar-refractivity contribution in [2.45, 2.75) is 31.8 Å². The molecule has 1 fully saturated rings. The molecule has 98 valence electrons. The first-order chi connectivity index (χ1) is 9.34. The van der Waals surface area contributed by atoms with Crippen LogP contribution < -0.4 is 5.32 Å². The van der Waals surface area contributed by atoms with Crippen molar-refractivity contribution in [3.8, 4) is 0 Å². The van der Waals surface area contributed by atoms with Crippen molar-refractivity contribution in [1.29, 1.82) is 0 Å². The summed E-state index contributed by atoms with van der Waals surface area (Å²) in [5, 5.41) is 3.81. The van der Waals surface area contributed by atoms with E-state index in [9.17, 15) is 0 Å². The molecule has 0 saturated heterocycles. The predicted molar refractivity (Wildman–Crippen MR) is 79.9 cm³/mol. The molecule has 0 aliphatic heterocycles. The van der Waals surface area contributed by atoms with Gasteiger partial charge in [0, 0.05) is 12.1 Å². The van der Waals surface area contributed by atoms with Crippen LogP contribution in [0.15, 0.2) is 60.7 Å². The zero-order valence-corrected chi connectivity index (χ0v) is 11.4. The molecule has 0 spiro atoms. The summed E-state index contributed by atoms with van der Waals surface area (Å²) < 4.78 is 0. The van der Waals surface area contributed by atoms with E-state index in [-0.39, 0.29) is 0 Å². The van der Waals surface area contributed by atoms with Crippen LogP contribution in [-0.2, 0) is 0 Å². The van der Waals surface area contributed by atoms with Gasteiger partial charge in [-0.05, 0) is 36.8 Å². The Labute approximate surface area is 115 Å². The average Bonchev–Trinajstić information content (AvgIpc) is 3.31. The lowest BCUT2D eigenvalue weighted by Crippen LogP contribution is -2.26. The average molecular weight is 251 g/mol. The van der Waals surface area contributed by atoms with Crippen LogP contribution in [0.4, 0.5) is 0 Å². The van der Waals surface area contributed by atoms with E-state index in [0.717, 1.165) is 5.92 Å². The Bertz CT molecular complexity index is 502. The zero-order valence-electron chi connectivity index (χ0n) is 11.4. The van der Waals surface area contributed by atoms with E-state index in [0.29, 0.717) is 12.1 Å². The molecule has 2 atom stereocenters. The largest absolute Gasteiger partial charge is 0.303 e. The fraction of sp³-hybridized carbons (Fsp3) is 0.333. The third-order valence-electron chi connectivity index (χ3n) is 3.98. The van der Waals surface area contributed by atoms with Gasteiger partial charge in [0.25, 0.3) is 0 Å². The Morgan fingerprint density at radius 3 is 1.89 bits per heavy atom. The number of benzene rings is 2. The second kappa shape index (κ2) is 5.58.